The lowest BCUT2D eigenvalue weighted by atomic mass is 10.2. The zero-order chi connectivity index (χ0) is 12.8. The first-order valence-corrected chi connectivity index (χ1v) is 6.77. The Morgan fingerprint density at radius 3 is 3.06 bits per heavy atom. The van der Waals surface area contributed by atoms with Crippen LogP contribution in [0.4, 0.5) is 5.82 Å². The van der Waals surface area contributed by atoms with E-state index in [4.69, 9.17) is 4.74 Å². The van der Waals surface area contributed by atoms with Crippen molar-refractivity contribution in [2.45, 2.75) is 32.4 Å². The van der Waals surface area contributed by atoms with Crippen LogP contribution in [0, 0.1) is 0 Å². The molecule has 0 radical (unpaired) electrons. The number of anilines is 1. The molecule has 1 fully saturated rings. The molecule has 0 unspecified atom stereocenters. The van der Waals surface area contributed by atoms with Crippen LogP contribution in [0.25, 0.3) is 0 Å². The number of rotatable bonds is 8. The van der Waals surface area contributed by atoms with Gasteiger partial charge in [0.05, 0.1) is 6.61 Å². The third-order valence-corrected chi connectivity index (χ3v) is 3.16. The number of pyridine rings is 1. The van der Waals surface area contributed by atoms with Crippen LogP contribution in [0.5, 0.6) is 0 Å². The van der Waals surface area contributed by atoms with Crippen LogP contribution in [0.3, 0.4) is 0 Å². The van der Waals surface area contributed by atoms with Gasteiger partial charge in [-0.25, -0.2) is 4.98 Å². The van der Waals surface area contributed by atoms with Crippen molar-refractivity contribution in [3.8, 4) is 0 Å². The highest BCUT2D eigenvalue weighted by Crippen LogP contribution is 2.21. The summed E-state index contributed by atoms with van der Waals surface area (Å²) in [5.74, 6) is 1.06. The Morgan fingerprint density at radius 2 is 2.33 bits per heavy atom. The van der Waals surface area contributed by atoms with Gasteiger partial charge in [0.15, 0.2) is 0 Å². The summed E-state index contributed by atoms with van der Waals surface area (Å²) in [6.07, 6.45) is 4.48. The first-order chi connectivity index (χ1) is 8.81. The van der Waals surface area contributed by atoms with Gasteiger partial charge in [0.25, 0.3) is 0 Å². The third-order valence-electron chi connectivity index (χ3n) is 3.16. The molecule has 0 saturated heterocycles. The van der Waals surface area contributed by atoms with Crippen molar-refractivity contribution in [2.24, 2.45) is 0 Å². The molecule has 1 aliphatic carbocycles. The van der Waals surface area contributed by atoms with Gasteiger partial charge in [-0.05, 0) is 25.8 Å². The maximum absolute atomic E-state index is 5.39. The average Bonchev–Trinajstić information content (AvgIpc) is 3.21. The summed E-state index contributed by atoms with van der Waals surface area (Å²) in [5, 5.41) is 3.54. The van der Waals surface area contributed by atoms with Gasteiger partial charge in [-0.2, -0.15) is 0 Å². The van der Waals surface area contributed by atoms with Crippen LogP contribution < -0.4 is 10.2 Å². The molecule has 1 aromatic rings. The van der Waals surface area contributed by atoms with Crippen molar-refractivity contribution < 1.29 is 4.74 Å². The lowest BCUT2D eigenvalue weighted by molar-refractivity contribution is 0.154. The summed E-state index contributed by atoms with van der Waals surface area (Å²) in [7, 11) is 2.07. The van der Waals surface area contributed by atoms with E-state index in [1.54, 1.807) is 0 Å². The molecule has 1 aromatic heterocycles. The van der Waals surface area contributed by atoms with Crippen LogP contribution in [-0.4, -0.2) is 37.8 Å². The minimum atomic E-state index is 0.729. The Morgan fingerprint density at radius 1 is 1.50 bits per heavy atom. The van der Waals surface area contributed by atoms with Crippen LogP contribution in [-0.2, 0) is 11.3 Å². The standard InChI is InChI=1S/C14H23N3O/c1-3-18-10-9-17(2)14-12(5-4-8-15-14)11-16-13-6-7-13/h4-5,8,13,16H,3,6-7,9-11H2,1-2H3. The fourth-order valence-electron chi connectivity index (χ4n) is 1.91. The summed E-state index contributed by atoms with van der Waals surface area (Å²) in [5.41, 5.74) is 1.27. The van der Waals surface area contributed by atoms with Crippen molar-refractivity contribution in [2.75, 3.05) is 31.7 Å². The number of nitrogens with one attached hydrogen (secondary N) is 1. The fourth-order valence-corrected chi connectivity index (χ4v) is 1.91. The van der Waals surface area contributed by atoms with Crippen molar-refractivity contribution >= 4 is 5.82 Å². The summed E-state index contributed by atoms with van der Waals surface area (Å²) < 4.78 is 5.39. The van der Waals surface area contributed by atoms with E-state index >= 15 is 0 Å². The topological polar surface area (TPSA) is 37.4 Å². The molecule has 0 spiro atoms. The molecule has 2 rings (SSSR count). The molecule has 1 saturated carbocycles. The van der Waals surface area contributed by atoms with Crippen LogP contribution in [0.1, 0.15) is 25.3 Å². The minimum Gasteiger partial charge on any atom is -0.380 e. The Bertz CT molecular complexity index is 366. The molecule has 0 aromatic carbocycles. The Balaban J connectivity index is 1.91. The molecule has 1 heterocycles. The largest absolute Gasteiger partial charge is 0.380 e. The number of hydrogen-bond acceptors (Lipinski definition) is 4. The zero-order valence-corrected chi connectivity index (χ0v) is 11.4. The maximum atomic E-state index is 5.39. The highest BCUT2D eigenvalue weighted by molar-refractivity contribution is 5.45. The number of hydrogen-bond donors (Lipinski definition) is 1. The number of nitrogens with zero attached hydrogens (tertiary/aromatic N) is 2. The predicted molar refractivity (Wildman–Crippen MR) is 73.9 cm³/mol. The quantitative estimate of drug-likeness (QED) is 0.713. The fraction of sp³-hybridized carbons (Fsp3) is 0.643. The van der Waals surface area contributed by atoms with E-state index in [1.807, 2.05) is 19.2 Å². The minimum absolute atomic E-state index is 0.729. The normalized spacial score (nSPS) is 14.8. The van der Waals surface area contributed by atoms with Gasteiger partial charge >= 0.3 is 0 Å². The smallest absolute Gasteiger partial charge is 0.132 e. The van der Waals surface area contributed by atoms with Gasteiger partial charge < -0.3 is 15.0 Å². The predicted octanol–water partition coefficient (Wildman–Crippen LogP) is 1.81. The van der Waals surface area contributed by atoms with E-state index in [0.29, 0.717) is 0 Å². The Hall–Kier alpha value is -1.13. The lowest BCUT2D eigenvalue weighted by Gasteiger charge is -2.21. The van der Waals surface area contributed by atoms with Gasteiger partial charge in [0.1, 0.15) is 5.82 Å². The summed E-state index contributed by atoms with van der Waals surface area (Å²) in [6, 6.07) is 4.88. The Kier molecular flexibility index (Phi) is 4.96. The highest BCUT2D eigenvalue weighted by Gasteiger charge is 2.20. The third kappa shape index (κ3) is 3.96. The van der Waals surface area contributed by atoms with Crippen LogP contribution in [0.2, 0.25) is 0 Å². The Labute approximate surface area is 109 Å². The molecular weight excluding hydrogens is 226 g/mol. The molecule has 0 atom stereocenters. The highest BCUT2D eigenvalue weighted by atomic mass is 16.5. The molecular formula is C14H23N3O. The summed E-state index contributed by atoms with van der Waals surface area (Å²) in [4.78, 5) is 6.65. The molecule has 0 amide bonds. The second-order valence-electron chi connectivity index (χ2n) is 4.76. The molecule has 0 aliphatic heterocycles. The van der Waals surface area contributed by atoms with E-state index < -0.39 is 0 Å². The first kappa shape index (κ1) is 13.3. The first-order valence-electron chi connectivity index (χ1n) is 6.77. The SMILES string of the molecule is CCOCCN(C)c1ncccc1CNC1CC1. The maximum Gasteiger partial charge on any atom is 0.132 e. The summed E-state index contributed by atoms with van der Waals surface area (Å²) >= 11 is 0. The van der Waals surface area contributed by atoms with E-state index in [9.17, 15) is 0 Å². The molecule has 0 bridgehead atoms. The van der Waals surface area contributed by atoms with Crippen LogP contribution in [0.15, 0.2) is 18.3 Å². The monoisotopic (exact) mass is 249 g/mol. The molecule has 100 valence electrons. The molecule has 18 heavy (non-hydrogen) atoms. The molecule has 1 N–H and O–H groups in total. The van der Waals surface area contributed by atoms with Crippen molar-refractivity contribution in [3.05, 3.63) is 23.9 Å². The zero-order valence-electron chi connectivity index (χ0n) is 11.4. The summed E-state index contributed by atoms with van der Waals surface area (Å²) in [6.45, 7) is 5.32. The van der Waals surface area contributed by atoms with Gasteiger partial charge in [-0.1, -0.05) is 6.07 Å². The van der Waals surface area contributed by atoms with E-state index in [1.165, 1.54) is 18.4 Å². The van der Waals surface area contributed by atoms with Crippen molar-refractivity contribution in [1.82, 2.24) is 10.3 Å². The number of aromatic nitrogens is 1. The van der Waals surface area contributed by atoms with Gasteiger partial charge in [-0.3, -0.25) is 0 Å². The van der Waals surface area contributed by atoms with Crippen LogP contribution >= 0.6 is 0 Å². The van der Waals surface area contributed by atoms with E-state index in [-0.39, 0.29) is 0 Å². The van der Waals surface area contributed by atoms with Gasteiger partial charge in [0.2, 0.25) is 0 Å². The van der Waals surface area contributed by atoms with Crippen molar-refractivity contribution in [1.29, 1.82) is 0 Å². The van der Waals surface area contributed by atoms with Crippen molar-refractivity contribution in [3.63, 3.8) is 0 Å². The molecule has 4 nitrogen and oxygen atoms in total. The van der Waals surface area contributed by atoms with E-state index in [2.05, 4.69) is 28.3 Å². The van der Waals surface area contributed by atoms with Gasteiger partial charge in [0, 0.05) is 44.5 Å². The lowest BCUT2D eigenvalue weighted by Crippen LogP contribution is -2.26. The second kappa shape index (κ2) is 6.71. The van der Waals surface area contributed by atoms with Gasteiger partial charge in [-0.15, -0.1) is 0 Å². The number of likely N-dealkylation sites (N-methyl/N-ethyl adjacent to an activating group) is 1. The second-order valence-corrected chi connectivity index (χ2v) is 4.76. The average molecular weight is 249 g/mol. The number of ether oxygens (including phenoxy) is 1. The van der Waals surface area contributed by atoms with E-state index in [0.717, 1.165) is 38.2 Å². The molecule has 1 aliphatic rings. The molecule has 4 heteroatoms.